The lowest BCUT2D eigenvalue weighted by molar-refractivity contribution is -0.275. The largest absolute Gasteiger partial charge is 0.467 e. The first kappa shape index (κ1) is 51.7. The maximum Gasteiger partial charge on any atom is 0.408 e. The van der Waals surface area contributed by atoms with Gasteiger partial charge in [-0.1, -0.05) is 157 Å². The third-order valence-corrected chi connectivity index (χ3v) is 14.0. The molecule has 1 fully saturated rings. The number of benzene rings is 6. The highest BCUT2D eigenvalue weighted by Gasteiger charge is 2.51. The van der Waals surface area contributed by atoms with E-state index in [2.05, 4.69) is 5.32 Å². The summed E-state index contributed by atoms with van der Waals surface area (Å²) in [5.74, 6) is -0.830. The predicted octanol–water partition coefficient (Wildman–Crippen LogP) is 10.2. The number of hydrogen-bond donors (Lipinski definition) is 1. The van der Waals surface area contributed by atoms with Crippen molar-refractivity contribution in [1.82, 2.24) is 9.29 Å². The number of nitrogens with zero attached hydrogens (tertiary/aromatic N) is 1. The normalized spacial score (nSPS) is 18.6. The molecule has 1 saturated heterocycles. The number of fused-ring (bicyclic) bond motifs is 1. The van der Waals surface area contributed by atoms with E-state index in [4.69, 9.17) is 33.2 Å². The van der Waals surface area contributed by atoms with Crippen LogP contribution in [0.5, 0.6) is 0 Å². The van der Waals surface area contributed by atoms with Gasteiger partial charge in [0.1, 0.15) is 42.2 Å². The van der Waals surface area contributed by atoms with Crippen molar-refractivity contribution < 1.29 is 51.2 Å². The monoisotopic (exact) mass is 994 g/mol. The molecule has 8 rings (SSSR count). The molecular weight excluding hydrogens is 933 g/mol. The number of carbonyl (C=O) groups excluding carboxylic acids is 2. The fourth-order valence-electron chi connectivity index (χ4n) is 8.89. The molecule has 6 aromatic carbocycles. The van der Waals surface area contributed by atoms with E-state index in [1.165, 1.54) is 11.1 Å². The Hall–Kier alpha value is -6.65. The van der Waals surface area contributed by atoms with Crippen molar-refractivity contribution in [2.45, 2.75) is 108 Å². The van der Waals surface area contributed by atoms with Crippen LogP contribution in [0.25, 0.3) is 10.9 Å². The Balaban J connectivity index is 1.35. The van der Waals surface area contributed by atoms with Gasteiger partial charge in [-0.2, -0.15) is 0 Å². The first-order valence-electron chi connectivity index (χ1n) is 24.0. The van der Waals surface area contributed by atoms with Crippen molar-refractivity contribution in [3.05, 3.63) is 209 Å². The Morgan fingerprint density at radius 2 is 1.12 bits per heavy atom. The second-order valence-electron chi connectivity index (χ2n) is 18.8. The van der Waals surface area contributed by atoms with Gasteiger partial charge in [0.05, 0.1) is 50.6 Å². The van der Waals surface area contributed by atoms with Gasteiger partial charge in [-0.3, -0.25) is 0 Å². The molecule has 1 amide bonds. The van der Waals surface area contributed by atoms with Crippen molar-refractivity contribution in [2.24, 2.45) is 0 Å². The Bertz CT molecular complexity index is 2960. The number of ether oxygens (including phenoxy) is 7. The number of methoxy groups -OCH3 is 1. The van der Waals surface area contributed by atoms with Gasteiger partial charge >= 0.3 is 12.1 Å². The minimum atomic E-state index is -4.46. The van der Waals surface area contributed by atoms with Crippen molar-refractivity contribution in [3.63, 3.8) is 0 Å². The average Bonchev–Trinajstić information content (AvgIpc) is 3.71. The van der Waals surface area contributed by atoms with Crippen LogP contribution in [0.3, 0.4) is 0 Å². The third kappa shape index (κ3) is 12.9. The van der Waals surface area contributed by atoms with Gasteiger partial charge in [0.25, 0.3) is 10.0 Å². The first-order valence-corrected chi connectivity index (χ1v) is 25.5. The Morgan fingerprint density at radius 3 is 1.65 bits per heavy atom. The van der Waals surface area contributed by atoms with E-state index in [-0.39, 0.29) is 50.0 Å². The van der Waals surface area contributed by atoms with Gasteiger partial charge in [-0.05, 0) is 68.1 Å². The summed E-state index contributed by atoms with van der Waals surface area (Å²) in [7, 11) is -3.26. The van der Waals surface area contributed by atoms with E-state index in [0.29, 0.717) is 16.5 Å². The fourth-order valence-corrected chi connectivity index (χ4v) is 10.5. The number of carbonyl (C=O) groups is 2. The van der Waals surface area contributed by atoms with Crippen molar-refractivity contribution in [2.75, 3.05) is 13.7 Å². The topological polar surface area (TPSA) is 150 Å². The van der Waals surface area contributed by atoms with Crippen LogP contribution < -0.4 is 5.32 Å². The molecule has 376 valence electrons. The molecule has 0 bridgehead atoms. The van der Waals surface area contributed by atoms with Gasteiger partial charge in [0.2, 0.25) is 0 Å². The molecule has 1 aliphatic heterocycles. The van der Waals surface area contributed by atoms with E-state index >= 15 is 8.42 Å². The summed E-state index contributed by atoms with van der Waals surface area (Å²) in [5.41, 5.74) is 4.40. The predicted molar refractivity (Wildman–Crippen MR) is 273 cm³/mol. The highest BCUT2D eigenvalue weighted by molar-refractivity contribution is 7.90. The summed E-state index contributed by atoms with van der Waals surface area (Å²) in [6.45, 7) is 7.73. The summed E-state index contributed by atoms with van der Waals surface area (Å²) < 4.78 is 78.1. The molecule has 0 saturated carbocycles. The van der Waals surface area contributed by atoms with Crippen LogP contribution in [0.2, 0.25) is 0 Å². The highest BCUT2D eigenvalue weighted by atomic mass is 32.2. The SMILES string of the molecule is COC(=O)[C@H](Cc1c([C@H]2O[C@H](COCc3ccccc3)[C@@H](OCc3ccccc3)[C@H](OCc3ccccc3)[C@H]2OCc2ccccc2)c2ccccc2n1S(=O)(=O)c1ccc(C)cc1)NC(=O)OC(C)(C)C. The molecule has 6 atom stereocenters. The van der Waals surface area contributed by atoms with Gasteiger partial charge in [-0.25, -0.2) is 22.0 Å². The maximum atomic E-state index is 15.4. The molecule has 0 unspecified atom stereocenters. The van der Waals surface area contributed by atoms with E-state index in [1.54, 1.807) is 57.2 Å². The van der Waals surface area contributed by atoms with Crippen LogP contribution in [-0.4, -0.2) is 74.2 Å². The summed E-state index contributed by atoms with van der Waals surface area (Å²) >= 11 is 0. The first-order chi connectivity index (χ1) is 34.8. The number of amides is 1. The van der Waals surface area contributed by atoms with Gasteiger partial charge in [0.15, 0.2) is 0 Å². The van der Waals surface area contributed by atoms with Crippen LogP contribution >= 0.6 is 0 Å². The lowest BCUT2D eigenvalue weighted by Crippen LogP contribution is -2.58. The average molecular weight is 995 g/mol. The molecule has 0 aliphatic carbocycles. The van der Waals surface area contributed by atoms with E-state index in [1.807, 2.05) is 140 Å². The molecule has 0 radical (unpaired) electrons. The summed E-state index contributed by atoms with van der Waals surface area (Å²) in [6.07, 6.45) is -5.95. The van der Waals surface area contributed by atoms with Gasteiger partial charge in [-0.15, -0.1) is 0 Å². The Labute approximate surface area is 422 Å². The number of esters is 1. The third-order valence-electron chi connectivity index (χ3n) is 12.3. The van der Waals surface area contributed by atoms with E-state index in [9.17, 15) is 9.59 Å². The standard InChI is InChI=1S/C58H62N2O11S/c1-40-30-32-45(33-31-40)72(63,64)60-48-29-19-18-28-46(48)51(49(60)34-47(56(61)65-5)59-57(62)71-58(2,3)4)53-55(69-38-44-26-16-9-17-27-44)54(68-37-43-24-14-8-15-25-43)52(67-36-42-22-12-7-13-23-42)50(70-53)39-66-35-41-20-10-6-11-21-41/h6-33,47,50,52-55H,34-39H2,1-5H3,(H,59,62)/t47-,50+,52+,53+,54-,55-/m0/s1. The maximum absolute atomic E-state index is 15.4. The highest BCUT2D eigenvalue weighted by Crippen LogP contribution is 2.45. The second kappa shape index (κ2) is 23.7. The van der Waals surface area contributed by atoms with Crippen LogP contribution in [0.1, 0.15) is 65.9 Å². The van der Waals surface area contributed by atoms with Gasteiger partial charge in [0, 0.05) is 23.1 Å². The van der Waals surface area contributed by atoms with E-state index < -0.39 is 64.2 Å². The lowest BCUT2D eigenvalue weighted by atomic mass is 9.88. The zero-order valence-electron chi connectivity index (χ0n) is 41.2. The van der Waals surface area contributed by atoms with Crippen molar-refractivity contribution >= 4 is 33.0 Å². The molecule has 13 nitrogen and oxygen atoms in total. The van der Waals surface area contributed by atoms with Crippen LogP contribution in [0, 0.1) is 6.92 Å². The minimum Gasteiger partial charge on any atom is -0.467 e. The second-order valence-corrected chi connectivity index (χ2v) is 20.6. The molecule has 14 heteroatoms. The molecule has 7 aromatic rings. The number of para-hydroxylation sites is 1. The summed E-state index contributed by atoms with van der Waals surface area (Å²) in [4.78, 5) is 27.5. The summed E-state index contributed by atoms with van der Waals surface area (Å²) in [6, 6.07) is 51.2. The zero-order valence-corrected chi connectivity index (χ0v) is 42.0. The number of alkyl carbamates (subject to hydrolysis) is 1. The zero-order chi connectivity index (χ0) is 50.7. The van der Waals surface area contributed by atoms with Crippen LogP contribution in [0.4, 0.5) is 4.79 Å². The van der Waals surface area contributed by atoms with Crippen LogP contribution in [0.15, 0.2) is 175 Å². The Kier molecular flexibility index (Phi) is 17.0. The summed E-state index contributed by atoms with van der Waals surface area (Å²) in [5, 5.41) is 3.19. The lowest BCUT2D eigenvalue weighted by Gasteiger charge is -2.46. The smallest absolute Gasteiger partial charge is 0.408 e. The number of hydrogen-bond acceptors (Lipinski definition) is 11. The molecule has 0 spiro atoms. The molecule has 1 aromatic heterocycles. The molecule has 1 aliphatic rings. The quantitative estimate of drug-likeness (QED) is 0.0727. The Morgan fingerprint density at radius 1 is 0.639 bits per heavy atom. The van der Waals surface area contributed by atoms with Crippen molar-refractivity contribution in [3.8, 4) is 0 Å². The number of aromatic nitrogens is 1. The molecule has 72 heavy (non-hydrogen) atoms. The van der Waals surface area contributed by atoms with Crippen molar-refractivity contribution in [1.29, 1.82) is 0 Å². The molecule has 2 heterocycles. The minimum absolute atomic E-state index is 0.00319. The number of aryl methyl sites for hydroxylation is 1. The van der Waals surface area contributed by atoms with Gasteiger partial charge < -0.3 is 38.5 Å². The van der Waals surface area contributed by atoms with Crippen LogP contribution in [-0.2, 0) is 80.8 Å². The fraction of sp³-hybridized carbons (Fsp3) is 0.310. The molecule has 1 N–H and O–H groups in total. The number of rotatable bonds is 20. The molecular formula is C58H62N2O11S. The number of nitrogens with one attached hydrogen (secondary N) is 1. The van der Waals surface area contributed by atoms with E-state index in [0.717, 1.165) is 27.8 Å².